The molecule has 6 aromatic carbocycles. The van der Waals surface area contributed by atoms with Gasteiger partial charge in [0.1, 0.15) is 25.1 Å². The molecule has 2 heterocycles. The molecule has 0 radical (unpaired) electrons. The van der Waals surface area contributed by atoms with Crippen molar-refractivity contribution in [3.63, 3.8) is 0 Å². The Morgan fingerprint density at radius 1 is 0.685 bits per heavy atom. The molecule has 0 saturated heterocycles. The molecule has 3 nitrogen and oxygen atoms in total. The van der Waals surface area contributed by atoms with E-state index in [0.717, 1.165) is 61.1 Å². The number of aromatic nitrogens is 2. The summed E-state index contributed by atoms with van der Waals surface area (Å²) in [6.07, 6.45) is -1.43. The lowest BCUT2D eigenvalue weighted by Gasteiger charge is -2.30. The molecule has 0 atom stereocenters. The van der Waals surface area contributed by atoms with E-state index in [2.05, 4.69) is 155 Å². The van der Waals surface area contributed by atoms with Crippen LogP contribution in [0.5, 0.6) is 0 Å². The molecule has 0 aliphatic carbocycles. The van der Waals surface area contributed by atoms with Crippen LogP contribution in [0.2, 0.25) is 13.1 Å². The van der Waals surface area contributed by atoms with Gasteiger partial charge in [-0.1, -0.05) is 169 Å². The van der Waals surface area contributed by atoms with Crippen LogP contribution in [0, 0.1) is 5.41 Å². The molecule has 8 aromatic rings. The number of rotatable bonds is 8. The Hall–Kier alpha value is -5.19. The van der Waals surface area contributed by atoms with Crippen LogP contribution in [-0.2, 0) is 6.37 Å². The van der Waals surface area contributed by atoms with Gasteiger partial charge in [0, 0.05) is 13.5 Å². The Morgan fingerprint density at radius 3 is 2.02 bits per heavy atom. The quantitative estimate of drug-likeness (QED) is 0.146. The van der Waals surface area contributed by atoms with E-state index in [0.29, 0.717) is 0 Å². The van der Waals surface area contributed by atoms with Crippen molar-refractivity contribution in [3.8, 4) is 28.2 Å². The maximum atomic E-state index is 8.87. The van der Waals surface area contributed by atoms with Gasteiger partial charge in [0.05, 0.1) is 22.3 Å². The number of hydrogen-bond acceptors (Lipinski definition) is 2. The fraction of sp³-hybridized carbons (Fsp3) is 0.260. The molecule has 0 fully saturated rings. The number of nitrogens with zero attached hydrogens (tertiary/aromatic N) is 2. The lowest BCUT2D eigenvalue weighted by atomic mass is 9.88. The average Bonchev–Trinajstić information content (AvgIpc) is 3.75. The number of para-hydroxylation sites is 3. The Morgan fingerprint density at radius 2 is 1.35 bits per heavy atom. The van der Waals surface area contributed by atoms with Gasteiger partial charge in [-0.25, -0.2) is 4.98 Å². The maximum Gasteiger partial charge on any atom is 0.149 e. The monoisotopic (exact) mass is 726 g/mol. The molecule has 0 saturated carbocycles. The zero-order valence-electron chi connectivity index (χ0n) is 35.1. The van der Waals surface area contributed by atoms with E-state index >= 15 is 0 Å². The molecular weight excluding hydrogens is 673 g/mol. The average molecular weight is 727 g/mol. The fourth-order valence-electron chi connectivity index (χ4n) is 7.97. The van der Waals surface area contributed by atoms with E-state index in [9.17, 15) is 0 Å². The van der Waals surface area contributed by atoms with Crippen molar-refractivity contribution in [2.75, 3.05) is 0 Å². The number of furan rings is 1. The highest BCUT2D eigenvalue weighted by molar-refractivity contribution is 7.00. The van der Waals surface area contributed by atoms with Crippen molar-refractivity contribution in [3.05, 3.63) is 144 Å². The Kier molecular flexibility index (Phi) is 8.40. The summed E-state index contributed by atoms with van der Waals surface area (Å²) < 4.78 is 27.0. The molecule has 0 aliphatic rings. The summed E-state index contributed by atoms with van der Waals surface area (Å²) in [5, 5.41) is 4.84. The lowest BCUT2D eigenvalue weighted by Crippen LogP contribution is -2.53. The second-order valence-corrected chi connectivity index (χ2v) is 21.4. The third-order valence-corrected chi connectivity index (χ3v) is 14.4. The first-order chi connectivity index (χ1) is 26.6. The van der Waals surface area contributed by atoms with Crippen LogP contribution in [0.1, 0.15) is 79.7 Å². The number of fused-ring (bicyclic) bond motifs is 4. The van der Waals surface area contributed by atoms with Crippen molar-refractivity contribution < 1.29 is 7.16 Å². The Balaban J connectivity index is 1.33. The van der Waals surface area contributed by atoms with E-state index in [1.165, 1.54) is 27.2 Å². The predicted octanol–water partition coefficient (Wildman–Crippen LogP) is 12.9. The molecule has 0 spiro atoms. The van der Waals surface area contributed by atoms with Gasteiger partial charge >= 0.3 is 0 Å². The topological polar surface area (TPSA) is 31.0 Å². The van der Waals surface area contributed by atoms with Crippen molar-refractivity contribution in [1.29, 1.82) is 0 Å². The van der Waals surface area contributed by atoms with Gasteiger partial charge in [-0.2, -0.15) is 0 Å². The molecular formula is C50H52N2OSi. The summed E-state index contributed by atoms with van der Waals surface area (Å²) >= 11 is 0. The van der Waals surface area contributed by atoms with Gasteiger partial charge in [-0.15, -0.1) is 0 Å². The minimum atomic E-state index is -2.22. The van der Waals surface area contributed by atoms with Gasteiger partial charge in [0.25, 0.3) is 0 Å². The zero-order valence-corrected chi connectivity index (χ0v) is 34.1. The van der Waals surface area contributed by atoms with Crippen LogP contribution in [0.25, 0.3) is 61.2 Å². The number of hydrogen-bond donors (Lipinski definition) is 0. The van der Waals surface area contributed by atoms with Crippen molar-refractivity contribution >= 4 is 51.4 Å². The highest BCUT2D eigenvalue weighted by atomic mass is 28.3. The van der Waals surface area contributed by atoms with Crippen LogP contribution >= 0.6 is 0 Å². The molecule has 0 amide bonds. The molecule has 0 aliphatic heterocycles. The van der Waals surface area contributed by atoms with Gasteiger partial charge in [0.15, 0.2) is 0 Å². The van der Waals surface area contributed by atoms with Crippen LogP contribution in [0.4, 0.5) is 0 Å². The first kappa shape index (κ1) is 33.4. The van der Waals surface area contributed by atoms with Crippen molar-refractivity contribution in [2.45, 2.75) is 79.8 Å². The smallest absolute Gasteiger partial charge is 0.149 e. The van der Waals surface area contributed by atoms with E-state index in [-0.39, 0.29) is 11.8 Å². The lowest BCUT2D eigenvalue weighted by molar-refractivity contribution is 0.411. The third-order valence-electron chi connectivity index (χ3n) is 10.9. The molecule has 0 N–H and O–H groups in total. The second kappa shape index (κ2) is 13.6. The van der Waals surface area contributed by atoms with Gasteiger partial charge in [-0.05, 0) is 81.8 Å². The van der Waals surface area contributed by atoms with Gasteiger partial charge in [0.2, 0.25) is 0 Å². The largest absolute Gasteiger partial charge is 0.455 e. The minimum Gasteiger partial charge on any atom is -0.455 e. The minimum absolute atomic E-state index is 0.237. The van der Waals surface area contributed by atoms with Crippen LogP contribution < -0.4 is 10.4 Å². The summed E-state index contributed by atoms with van der Waals surface area (Å²) in [5.74, 6) is 1.35. The summed E-state index contributed by atoms with van der Waals surface area (Å²) in [6, 6.07) is 45.2. The fourth-order valence-corrected chi connectivity index (χ4v) is 10.3. The molecule has 272 valence electrons. The molecule has 8 rings (SSSR count). The maximum absolute atomic E-state index is 8.87. The molecule has 4 heteroatoms. The molecule has 54 heavy (non-hydrogen) atoms. The summed E-state index contributed by atoms with van der Waals surface area (Å²) in [4.78, 5) is 5.39. The summed E-state index contributed by atoms with van der Waals surface area (Å²) in [7, 11) is -2.22. The molecule has 0 unspecified atom stereocenters. The Bertz CT molecular complexity index is 2700. The Labute approximate surface area is 324 Å². The predicted molar refractivity (Wildman–Crippen MR) is 234 cm³/mol. The standard InChI is InChI=1S/C50H52N2OSi/c1-32(2)42-29-38(54(8,9)37-25-22-34(23-26-37)31-50(5,6)7)30-43(33(3)4)47(42)52-45-21-14-13-20-44(45)51-49(52)41-19-15-18-40-39-27-24-36(28-46(39)53-48(40)41)35-16-11-10-12-17-35/h10-30,32-33H,31H2,1-9H3/i31D2. The number of imidazole rings is 1. The third kappa shape index (κ3) is 6.41. The van der Waals surface area contributed by atoms with E-state index in [1.54, 1.807) is 0 Å². The van der Waals surface area contributed by atoms with Crippen LogP contribution in [0.3, 0.4) is 0 Å². The highest BCUT2D eigenvalue weighted by Crippen LogP contribution is 2.41. The summed E-state index contributed by atoms with van der Waals surface area (Å²) in [6.45, 7) is 19.9. The molecule has 0 bridgehead atoms. The van der Waals surface area contributed by atoms with E-state index < -0.39 is 19.9 Å². The summed E-state index contributed by atoms with van der Waals surface area (Å²) in [5.41, 5.74) is 11.0. The van der Waals surface area contributed by atoms with Gasteiger partial charge in [-0.3, -0.25) is 4.57 Å². The van der Waals surface area contributed by atoms with E-state index in [1.807, 2.05) is 39.0 Å². The second-order valence-electron chi connectivity index (χ2n) is 17.0. The highest BCUT2D eigenvalue weighted by Gasteiger charge is 2.31. The SMILES string of the molecule is [2H]C([2H])(c1ccc([Si](C)(C)c2cc(C(C)C)c(-n3c(-c4cccc5c4oc4cc(-c6ccccc6)ccc45)nc4ccccc43)c(C(C)C)c2)cc1)C(C)(C)C. The van der Waals surface area contributed by atoms with Crippen LogP contribution in [-0.4, -0.2) is 17.6 Å². The first-order valence-electron chi connectivity index (χ1n) is 20.4. The van der Waals surface area contributed by atoms with E-state index in [4.69, 9.17) is 12.1 Å². The first-order valence-corrected chi connectivity index (χ1v) is 22.4. The van der Waals surface area contributed by atoms with Crippen molar-refractivity contribution in [2.24, 2.45) is 5.41 Å². The zero-order chi connectivity index (χ0) is 39.7. The van der Waals surface area contributed by atoms with Gasteiger partial charge < -0.3 is 4.42 Å². The van der Waals surface area contributed by atoms with Crippen molar-refractivity contribution in [1.82, 2.24) is 9.55 Å². The number of benzene rings is 6. The molecule has 2 aromatic heterocycles. The normalized spacial score (nSPS) is 13.4. The van der Waals surface area contributed by atoms with Crippen LogP contribution in [0.15, 0.2) is 132 Å².